The summed E-state index contributed by atoms with van der Waals surface area (Å²) in [5, 5.41) is 11.3. The number of aromatic nitrogens is 2. The van der Waals surface area contributed by atoms with Gasteiger partial charge in [0.25, 0.3) is 0 Å². The molecule has 2 heterocycles. The van der Waals surface area contributed by atoms with Gasteiger partial charge in [-0.2, -0.15) is 0 Å². The molecule has 2 N–H and O–H groups in total. The van der Waals surface area contributed by atoms with E-state index in [1.807, 2.05) is 13.0 Å². The minimum Gasteiger partial charge on any atom is -0.364 e. The summed E-state index contributed by atoms with van der Waals surface area (Å²) >= 11 is 1.70. The highest BCUT2D eigenvalue weighted by Gasteiger charge is 2.05. The molecule has 7 heteroatoms. The van der Waals surface area contributed by atoms with Gasteiger partial charge < -0.3 is 15.2 Å². The summed E-state index contributed by atoms with van der Waals surface area (Å²) in [6.07, 6.45) is 1.55. The Kier molecular flexibility index (Phi) is 4.51. The van der Waals surface area contributed by atoms with E-state index in [1.165, 1.54) is 4.88 Å². The van der Waals surface area contributed by atoms with Crippen LogP contribution in [0.5, 0.6) is 0 Å². The normalized spacial score (nSPS) is 11.6. The predicted molar refractivity (Wildman–Crippen MR) is 75.1 cm³/mol. The van der Waals surface area contributed by atoms with Crippen molar-refractivity contribution in [1.82, 2.24) is 20.8 Å². The van der Waals surface area contributed by atoms with Crippen LogP contribution in [0.1, 0.15) is 21.3 Å². The lowest BCUT2D eigenvalue weighted by Crippen LogP contribution is -2.36. The molecule has 0 amide bonds. The minimum absolute atomic E-state index is 0.575. The number of thiazole rings is 1. The number of hydrogen-bond donors (Lipinski definition) is 2. The predicted octanol–water partition coefficient (Wildman–Crippen LogP) is 1.61. The Labute approximate surface area is 115 Å². The number of aryl methyl sites for hydroxylation is 2. The van der Waals surface area contributed by atoms with E-state index in [2.05, 4.69) is 32.7 Å². The monoisotopic (exact) mass is 279 g/mol. The molecule has 6 nitrogen and oxygen atoms in total. The highest BCUT2D eigenvalue weighted by atomic mass is 32.1. The Morgan fingerprint density at radius 2 is 2.16 bits per heavy atom. The second-order valence-corrected chi connectivity index (χ2v) is 5.31. The molecule has 0 aliphatic heterocycles. The average molecular weight is 279 g/mol. The summed E-state index contributed by atoms with van der Waals surface area (Å²) < 4.78 is 4.77. The lowest BCUT2D eigenvalue weighted by molar-refractivity contribution is 0.410. The van der Waals surface area contributed by atoms with E-state index >= 15 is 0 Å². The summed E-state index contributed by atoms with van der Waals surface area (Å²) in [7, 11) is 1.73. The Morgan fingerprint density at radius 3 is 2.74 bits per heavy atom. The third-order valence-electron chi connectivity index (χ3n) is 2.63. The number of nitrogens with zero attached hydrogens (tertiary/aromatic N) is 3. The van der Waals surface area contributed by atoms with Gasteiger partial charge in [0, 0.05) is 18.0 Å². The highest BCUT2D eigenvalue weighted by Crippen LogP contribution is 2.15. The first-order chi connectivity index (χ1) is 9.19. The van der Waals surface area contributed by atoms with E-state index in [1.54, 1.807) is 24.6 Å². The molecular weight excluding hydrogens is 262 g/mol. The molecule has 2 aromatic heterocycles. The molecule has 0 radical (unpaired) electrons. The van der Waals surface area contributed by atoms with Crippen molar-refractivity contribution in [3.8, 4) is 0 Å². The molecule has 0 saturated heterocycles. The van der Waals surface area contributed by atoms with Crippen molar-refractivity contribution >= 4 is 17.3 Å². The fourth-order valence-corrected chi connectivity index (χ4v) is 2.37. The summed E-state index contributed by atoms with van der Waals surface area (Å²) in [5.41, 5.74) is 1.93. The Balaban J connectivity index is 1.82. The third kappa shape index (κ3) is 3.78. The Bertz CT molecular complexity index is 527. The van der Waals surface area contributed by atoms with Gasteiger partial charge in [-0.15, -0.1) is 11.3 Å². The maximum atomic E-state index is 4.77. The standard InChI is InChI=1S/C12H17N5OS/c1-8-9(2)19-11(16-8)7-15-12(13-3)14-6-10-4-5-18-17-10/h4-5H,6-7H2,1-3H3,(H2,13,14,15). The number of nitrogens with one attached hydrogen (secondary N) is 2. The Hall–Kier alpha value is -1.89. The summed E-state index contributed by atoms with van der Waals surface area (Å²) in [6.45, 7) is 5.34. The van der Waals surface area contributed by atoms with E-state index in [9.17, 15) is 0 Å². The van der Waals surface area contributed by atoms with Crippen LogP contribution in [0.3, 0.4) is 0 Å². The number of hydrogen-bond acceptors (Lipinski definition) is 5. The van der Waals surface area contributed by atoms with Gasteiger partial charge in [0.05, 0.1) is 18.8 Å². The maximum absolute atomic E-state index is 4.77. The zero-order valence-corrected chi connectivity index (χ0v) is 12.0. The molecule has 0 fully saturated rings. The number of guanidine groups is 1. The van der Waals surface area contributed by atoms with E-state index < -0.39 is 0 Å². The summed E-state index contributed by atoms with van der Waals surface area (Å²) in [5.74, 6) is 0.716. The van der Waals surface area contributed by atoms with E-state index in [0.29, 0.717) is 19.0 Å². The quantitative estimate of drug-likeness (QED) is 0.657. The first-order valence-corrected chi connectivity index (χ1v) is 6.77. The van der Waals surface area contributed by atoms with Crippen molar-refractivity contribution in [3.63, 3.8) is 0 Å². The molecule has 0 spiro atoms. The maximum Gasteiger partial charge on any atom is 0.191 e. The van der Waals surface area contributed by atoms with Crippen molar-refractivity contribution < 1.29 is 4.52 Å². The SMILES string of the molecule is CN=C(NCc1ccon1)NCc1nc(C)c(C)s1. The van der Waals surface area contributed by atoms with Crippen LogP contribution in [-0.4, -0.2) is 23.1 Å². The zero-order chi connectivity index (χ0) is 13.7. The van der Waals surface area contributed by atoms with Crippen LogP contribution in [0.4, 0.5) is 0 Å². The summed E-state index contributed by atoms with van der Waals surface area (Å²) in [6, 6.07) is 1.81. The van der Waals surface area contributed by atoms with E-state index in [-0.39, 0.29) is 0 Å². The zero-order valence-electron chi connectivity index (χ0n) is 11.2. The van der Waals surface area contributed by atoms with Gasteiger partial charge in [-0.1, -0.05) is 5.16 Å². The van der Waals surface area contributed by atoms with Crippen LogP contribution in [0.25, 0.3) is 0 Å². The lowest BCUT2D eigenvalue weighted by Gasteiger charge is -2.09. The van der Waals surface area contributed by atoms with Gasteiger partial charge in [-0.3, -0.25) is 4.99 Å². The smallest absolute Gasteiger partial charge is 0.191 e. The second kappa shape index (κ2) is 6.33. The Morgan fingerprint density at radius 1 is 1.37 bits per heavy atom. The van der Waals surface area contributed by atoms with Crippen LogP contribution < -0.4 is 10.6 Å². The molecule has 0 bridgehead atoms. The fraction of sp³-hybridized carbons (Fsp3) is 0.417. The molecule has 0 unspecified atom stereocenters. The van der Waals surface area contributed by atoms with Gasteiger partial charge in [0.15, 0.2) is 5.96 Å². The second-order valence-electron chi connectivity index (χ2n) is 4.02. The van der Waals surface area contributed by atoms with Crippen molar-refractivity contribution in [3.05, 3.63) is 33.6 Å². The molecule has 0 aliphatic rings. The third-order valence-corrected chi connectivity index (χ3v) is 3.70. The average Bonchev–Trinajstić information content (AvgIpc) is 3.01. The minimum atomic E-state index is 0.575. The largest absolute Gasteiger partial charge is 0.364 e. The van der Waals surface area contributed by atoms with Gasteiger partial charge in [0.1, 0.15) is 17.0 Å². The van der Waals surface area contributed by atoms with Gasteiger partial charge in [-0.25, -0.2) is 4.98 Å². The van der Waals surface area contributed by atoms with Crippen LogP contribution in [0, 0.1) is 13.8 Å². The van der Waals surface area contributed by atoms with Gasteiger partial charge in [-0.05, 0) is 13.8 Å². The van der Waals surface area contributed by atoms with Gasteiger partial charge >= 0.3 is 0 Å². The summed E-state index contributed by atoms with van der Waals surface area (Å²) in [4.78, 5) is 9.87. The van der Waals surface area contributed by atoms with Crippen LogP contribution in [0.15, 0.2) is 21.8 Å². The van der Waals surface area contributed by atoms with Crippen molar-refractivity contribution in [2.75, 3.05) is 7.05 Å². The molecule has 0 atom stereocenters. The van der Waals surface area contributed by atoms with Crippen LogP contribution in [-0.2, 0) is 13.1 Å². The molecule has 0 aliphatic carbocycles. The molecule has 0 saturated carbocycles. The molecular formula is C12H17N5OS. The van der Waals surface area contributed by atoms with Gasteiger partial charge in [0.2, 0.25) is 0 Å². The fourth-order valence-electron chi connectivity index (χ4n) is 1.50. The van der Waals surface area contributed by atoms with E-state index in [0.717, 1.165) is 16.4 Å². The molecule has 2 rings (SSSR count). The first kappa shape index (κ1) is 13.5. The lowest BCUT2D eigenvalue weighted by atomic mass is 10.4. The van der Waals surface area contributed by atoms with Crippen LogP contribution in [0.2, 0.25) is 0 Å². The van der Waals surface area contributed by atoms with Crippen molar-refractivity contribution in [2.45, 2.75) is 26.9 Å². The number of aliphatic imine (C=N–C) groups is 1. The topological polar surface area (TPSA) is 75.3 Å². The molecule has 0 aromatic carbocycles. The molecule has 19 heavy (non-hydrogen) atoms. The van der Waals surface area contributed by atoms with Crippen LogP contribution >= 0.6 is 11.3 Å². The first-order valence-electron chi connectivity index (χ1n) is 5.95. The molecule has 102 valence electrons. The van der Waals surface area contributed by atoms with Crippen molar-refractivity contribution in [1.29, 1.82) is 0 Å². The van der Waals surface area contributed by atoms with E-state index in [4.69, 9.17) is 4.52 Å². The highest BCUT2D eigenvalue weighted by molar-refractivity contribution is 7.11. The number of rotatable bonds is 4. The van der Waals surface area contributed by atoms with Crippen molar-refractivity contribution in [2.24, 2.45) is 4.99 Å². The molecule has 2 aromatic rings.